The molecule has 0 radical (unpaired) electrons. The van der Waals surface area contributed by atoms with Crippen molar-refractivity contribution in [3.8, 4) is 16.9 Å². The number of hydrogen-bond donors (Lipinski definition) is 4. The van der Waals surface area contributed by atoms with Gasteiger partial charge in [-0.3, -0.25) is 0 Å². The molecule has 0 aliphatic carbocycles. The molecule has 1 aromatic heterocycles. The highest BCUT2D eigenvalue weighted by Gasteiger charge is 2.12. The number of nitrogens with zero attached hydrogens (tertiary/aromatic N) is 1. The Hall–Kier alpha value is -3.43. The number of pyridine rings is 1. The normalized spacial score (nSPS) is 11.1. The van der Waals surface area contributed by atoms with Gasteiger partial charge < -0.3 is 15.5 Å². The third kappa shape index (κ3) is 4.22. The lowest BCUT2D eigenvalue weighted by Gasteiger charge is -2.09. The van der Waals surface area contributed by atoms with Gasteiger partial charge in [-0.05, 0) is 53.6 Å². The molecule has 138 valence electrons. The van der Waals surface area contributed by atoms with Crippen molar-refractivity contribution in [3.63, 3.8) is 0 Å². The minimum absolute atomic E-state index is 0.0340. The van der Waals surface area contributed by atoms with Crippen LogP contribution in [0.2, 0.25) is 0 Å². The summed E-state index contributed by atoms with van der Waals surface area (Å²) < 4.78 is 22.9. The number of carbonyl (C=O) groups is 1. The standard InChI is InChI=1S/C18H15N3O5S/c19-27(25,26)14-3-1-2-13(10-14)21-17-9-12(6-7-20-17)11-4-5-16(22)15(8-11)18(23)24/h1-10,22H,(H,20,21)(H,23,24)(H2,19,25,26). The van der Waals surface area contributed by atoms with Gasteiger partial charge in [-0.15, -0.1) is 0 Å². The first-order valence-corrected chi connectivity index (χ1v) is 9.21. The second-order valence-electron chi connectivity index (χ2n) is 5.66. The Bertz CT molecular complexity index is 1130. The van der Waals surface area contributed by atoms with Gasteiger partial charge in [-0.25, -0.2) is 23.3 Å². The lowest BCUT2D eigenvalue weighted by Crippen LogP contribution is -2.12. The maximum absolute atomic E-state index is 11.5. The first-order valence-electron chi connectivity index (χ1n) is 7.67. The number of aromatic hydroxyl groups is 1. The predicted molar refractivity (Wildman–Crippen MR) is 99.4 cm³/mol. The second kappa shape index (κ2) is 7.06. The molecule has 0 atom stereocenters. The Morgan fingerprint density at radius 3 is 2.48 bits per heavy atom. The molecule has 0 amide bonds. The summed E-state index contributed by atoms with van der Waals surface area (Å²) in [5, 5.41) is 26.9. The minimum Gasteiger partial charge on any atom is -0.507 e. The van der Waals surface area contributed by atoms with Gasteiger partial charge >= 0.3 is 5.97 Å². The van der Waals surface area contributed by atoms with E-state index in [1.165, 1.54) is 30.5 Å². The molecule has 0 bridgehead atoms. The Kier molecular flexibility index (Phi) is 4.80. The van der Waals surface area contributed by atoms with Crippen molar-refractivity contribution in [2.24, 2.45) is 5.14 Å². The number of anilines is 2. The maximum atomic E-state index is 11.5. The van der Waals surface area contributed by atoms with Crippen LogP contribution in [0.15, 0.2) is 65.7 Å². The molecule has 27 heavy (non-hydrogen) atoms. The third-order valence-corrected chi connectivity index (χ3v) is 4.67. The van der Waals surface area contributed by atoms with Gasteiger partial charge in [0.05, 0.1) is 4.90 Å². The minimum atomic E-state index is -3.83. The maximum Gasteiger partial charge on any atom is 0.339 e. The fourth-order valence-electron chi connectivity index (χ4n) is 2.46. The number of hydrogen-bond acceptors (Lipinski definition) is 6. The summed E-state index contributed by atoms with van der Waals surface area (Å²) in [6.07, 6.45) is 1.52. The van der Waals surface area contributed by atoms with Gasteiger partial charge in [-0.2, -0.15) is 0 Å². The summed E-state index contributed by atoms with van der Waals surface area (Å²) in [7, 11) is -3.83. The summed E-state index contributed by atoms with van der Waals surface area (Å²) in [5.41, 5.74) is 1.51. The van der Waals surface area contributed by atoms with Gasteiger partial charge in [-0.1, -0.05) is 12.1 Å². The van der Waals surface area contributed by atoms with Crippen molar-refractivity contribution in [1.29, 1.82) is 0 Å². The zero-order valence-corrected chi connectivity index (χ0v) is 14.6. The number of primary sulfonamides is 1. The van der Waals surface area contributed by atoms with Crippen LogP contribution in [0.5, 0.6) is 5.75 Å². The van der Waals surface area contributed by atoms with Crippen molar-refractivity contribution < 1.29 is 23.4 Å². The zero-order valence-electron chi connectivity index (χ0n) is 13.8. The van der Waals surface area contributed by atoms with Crippen LogP contribution in [-0.2, 0) is 10.0 Å². The summed E-state index contributed by atoms with van der Waals surface area (Å²) in [6.45, 7) is 0. The monoisotopic (exact) mass is 385 g/mol. The molecule has 0 aliphatic rings. The average Bonchev–Trinajstić information content (AvgIpc) is 2.61. The highest BCUT2D eigenvalue weighted by Crippen LogP contribution is 2.28. The van der Waals surface area contributed by atoms with Crippen LogP contribution < -0.4 is 10.5 Å². The number of benzene rings is 2. The van der Waals surface area contributed by atoms with E-state index in [1.807, 2.05) is 0 Å². The van der Waals surface area contributed by atoms with Crippen molar-refractivity contribution >= 4 is 27.5 Å². The van der Waals surface area contributed by atoms with Crippen molar-refractivity contribution in [2.75, 3.05) is 5.32 Å². The topological polar surface area (TPSA) is 143 Å². The van der Waals surface area contributed by atoms with Crippen LogP contribution in [0.1, 0.15) is 10.4 Å². The van der Waals surface area contributed by atoms with Gasteiger partial charge in [0.25, 0.3) is 0 Å². The predicted octanol–water partition coefficient (Wildman–Crippen LogP) is 2.54. The zero-order chi connectivity index (χ0) is 19.6. The SMILES string of the molecule is NS(=O)(=O)c1cccc(Nc2cc(-c3ccc(O)c(C(=O)O)c3)ccn2)c1. The lowest BCUT2D eigenvalue weighted by molar-refractivity contribution is 0.0693. The first-order chi connectivity index (χ1) is 12.7. The number of phenols is 1. The fraction of sp³-hybridized carbons (Fsp3) is 0. The van der Waals surface area contributed by atoms with E-state index in [2.05, 4.69) is 10.3 Å². The number of carboxylic acid groups (broad SMARTS) is 1. The van der Waals surface area contributed by atoms with Gasteiger partial charge in [0.15, 0.2) is 0 Å². The quantitative estimate of drug-likeness (QED) is 0.528. The molecular formula is C18H15N3O5S. The molecule has 0 saturated carbocycles. The molecule has 0 fully saturated rings. The highest BCUT2D eigenvalue weighted by molar-refractivity contribution is 7.89. The molecule has 0 unspecified atom stereocenters. The smallest absolute Gasteiger partial charge is 0.339 e. The molecule has 1 heterocycles. The van der Waals surface area contributed by atoms with E-state index in [9.17, 15) is 18.3 Å². The lowest BCUT2D eigenvalue weighted by atomic mass is 10.0. The van der Waals surface area contributed by atoms with Gasteiger partial charge in [0.2, 0.25) is 10.0 Å². The molecule has 2 aromatic carbocycles. The van der Waals surface area contributed by atoms with E-state index in [1.54, 1.807) is 30.3 Å². The van der Waals surface area contributed by atoms with Crippen LogP contribution >= 0.6 is 0 Å². The Morgan fingerprint density at radius 2 is 1.78 bits per heavy atom. The fourth-order valence-corrected chi connectivity index (χ4v) is 3.02. The summed E-state index contributed by atoms with van der Waals surface area (Å²) in [4.78, 5) is 15.3. The van der Waals surface area contributed by atoms with E-state index in [4.69, 9.17) is 10.2 Å². The molecule has 8 nitrogen and oxygen atoms in total. The van der Waals surface area contributed by atoms with Gasteiger partial charge in [0.1, 0.15) is 17.1 Å². The largest absolute Gasteiger partial charge is 0.507 e. The Labute approximate surface area is 155 Å². The van der Waals surface area contributed by atoms with E-state index in [0.717, 1.165) is 0 Å². The van der Waals surface area contributed by atoms with Crippen LogP contribution in [0.4, 0.5) is 11.5 Å². The van der Waals surface area contributed by atoms with Crippen LogP contribution in [0.3, 0.4) is 0 Å². The molecule has 0 aliphatic heterocycles. The highest BCUT2D eigenvalue weighted by atomic mass is 32.2. The van der Waals surface area contributed by atoms with E-state index in [0.29, 0.717) is 22.6 Å². The number of nitrogens with one attached hydrogen (secondary N) is 1. The molecule has 0 saturated heterocycles. The number of aromatic nitrogens is 1. The van der Waals surface area contributed by atoms with E-state index < -0.39 is 16.0 Å². The Balaban J connectivity index is 1.93. The van der Waals surface area contributed by atoms with Crippen LogP contribution in [0.25, 0.3) is 11.1 Å². The Morgan fingerprint density at radius 1 is 1.04 bits per heavy atom. The molecule has 0 spiro atoms. The van der Waals surface area contributed by atoms with Gasteiger partial charge in [0, 0.05) is 11.9 Å². The summed E-state index contributed by atoms with van der Waals surface area (Å²) in [6, 6.07) is 13.6. The number of nitrogens with two attached hydrogens (primary N) is 1. The van der Waals surface area contributed by atoms with E-state index in [-0.39, 0.29) is 16.2 Å². The molecule has 3 rings (SSSR count). The molecule has 3 aromatic rings. The van der Waals surface area contributed by atoms with Crippen molar-refractivity contribution in [2.45, 2.75) is 4.90 Å². The number of sulfonamides is 1. The molecular weight excluding hydrogens is 370 g/mol. The number of rotatable bonds is 5. The molecule has 5 N–H and O–H groups in total. The number of aromatic carboxylic acids is 1. The van der Waals surface area contributed by atoms with E-state index >= 15 is 0 Å². The average molecular weight is 385 g/mol. The molecule has 9 heteroatoms. The van der Waals surface area contributed by atoms with Crippen molar-refractivity contribution in [1.82, 2.24) is 4.98 Å². The second-order valence-corrected chi connectivity index (χ2v) is 7.23. The van der Waals surface area contributed by atoms with Crippen LogP contribution in [-0.4, -0.2) is 29.6 Å². The summed E-state index contributed by atoms with van der Waals surface area (Å²) in [5.74, 6) is -1.14. The third-order valence-electron chi connectivity index (χ3n) is 3.76. The van der Waals surface area contributed by atoms with Crippen molar-refractivity contribution in [3.05, 3.63) is 66.4 Å². The summed E-state index contributed by atoms with van der Waals surface area (Å²) >= 11 is 0. The first kappa shape index (κ1) is 18.4. The number of carboxylic acids is 1. The van der Waals surface area contributed by atoms with Crippen LogP contribution in [0, 0.1) is 0 Å².